The van der Waals surface area contributed by atoms with E-state index >= 15 is 0 Å². The molecule has 0 saturated heterocycles. The number of hydrogen-bond donors (Lipinski definition) is 1. The Bertz CT molecular complexity index is 865. The SMILES string of the molecule is CCC(C(=O)NC1CCCC1)N(CCc1ccccc1)C(=O)CSCc1cccc(C)c1. The van der Waals surface area contributed by atoms with E-state index in [2.05, 4.69) is 48.6 Å². The Hall–Kier alpha value is -2.27. The average molecular weight is 453 g/mol. The molecule has 0 aromatic heterocycles. The molecule has 2 aromatic carbocycles. The number of amides is 2. The maximum atomic E-state index is 13.3. The van der Waals surface area contributed by atoms with Crippen LogP contribution in [0.3, 0.4) is 0 Å². The minimum Gasteiger partial charge on any atom is -0.352 e. The normalized spacial score (nSPS) is 14.8. The molecular weight excluding hydrogens is 416 g/mol. The lowest BCUT2D eigenvalue weighted by atomic mass is 10.1. The first-order valence-electron chi connectivity index (χ1n) is 11.8. The highest BCUT2D eigenvalue weighted by atomic mass is 32.2. The third-order valence-corrected chi connectivity index (χ3v) is 7.14. The van der Waals surface area contributed by atoms with E-state index in [1.54, 1.807) is 11.8 Å². The molecule has 0 spiro atoms. The van der Waals surface area contributed by atoms with Crippen molar-refractivity contribution in [2.24, 2.45) is 0 Å². The summed E-state index contributed by atoms with van der Waals surface area (Å²) in [5, 5.41) is 3.21. The van der Waals surface area contributed by atoms with Crippen LogP contribution in [0.2, 0.25) is 0 Å². The lowest BCUT2D eigenvalue weighted by Crippen LogP contribution is -2.52. The predicted molar refractivity (Wildman–Crippen MR) is 134 cm³/mol. The third-order valence-electron chi connectivity index (χ3n) is 6.15. The van der Waals surface area contributed by atoms with Gasteiger partial charge in [-0.3, -0.25) is 9.59 Å². The number of hydrogen-bond acceptors (Lipinski definition) is 3. The van der Waals surface area contributed by atoms with Gasteiger partial charge in [0.05, 0.1) is 5.75 Å². The minimum atomic E-state index is -0.411. The summed E-state index contributed by atoms with van der Waals surface area (Å²) in [4.78, 5) is 28.2. The van der Waals surface area contributed by atoms with E-state index in [0.717, 1.165) is 25.0 Å². The van der Waals surface area contributed by atoms with E-state index < -0.39 is 6.04 Å². The maximum Gasteiger partial charge on any atom is 0.243 e. The number of carbonyl (C=O) groups is 2. The molecule has 2 amide bonds. The lowest BCUT2D eigenvalue weighted by Gasteiger charge is -2.31. The average Bonchev–Trinajstić information content (AvgIpc) is 3.30. The highest BCUT2D eigenvalue weighted by Gasteiger charge is 2.30. The predicted octanol–water partition coefficient (Wildman–Crippen LogP) is 5.14. The van der Waals surface area contributed by atoms with E-state index in [1.165, 1.54) is 29.5 Å². The van der Waals surface area contributed by atoms with E-state index in [4.69, 9.17) is 0 Å². The topological polar surface area (TPSA) is 49.4 Å². The van der Waals surface area contributed by atoms with Crippen LogP contribution in [0.4, 0.5) is 0 Å². The van der Waals surface area contributed by atoms with Crippen molar-refractivity contribution in [2.45, 2.75) is 70.2 Å². The molecule has 4 nitrogen and oxygen atoms in total. The van der Waals surface area contributed by atoms with Crippen molar-refractivity contribution in [3.05, 3.63) is 71.3 Å². The second kappa shape index (κ2) is 12.7. The van der Waals surface area contributed by atoms with Crippen molar-refractivity contribution in [2.75, 3.05) is 12.3 Å². The first kappa shape index (κ1) is 24.4. The second-order valence-corrected chi connectivity index (χ2v) is 9.70. The number of benzene rings is 2. The number of thioether (sulfide) groups is 1. The molecule has 0 bridgehead atoms. The zero-order chi connectivity index (χ0) is 22.8. The Kier molecular flexibility index (Phi) is 9.66. The van der Waals surface area contributed by atoms with Gasteiger partial charge < -0.3 is 10.2 Å². The van der Waals surface area contributed by atoms with Gasteiger partial charge in [0.1, 0.15) is 6.04 Å². The largest absolute Gasteiger partial charge is 0.352 e. The molecule has 5 heteroatoms. The van der Waals surface area contributed by atoms with Gasteiger partial charge in [-0.05, 0) is 43.7 Å². The first-order chi connectivity index (χ1) is 15.6. The van der Waals surface area contributed by atoms with E-state index in [0.29, 0.717) is 18.7 Å². The molecule has 1 N–H and O–H groups in total. The third kappa shape index (κ3) is 7.40. The Morgan fingerprint density at radius 1 is 1.06 bits per heavy atom. The molecule has 1 aliphatic carbocycles. The molecule has 0 aliphatic heterocycles. The van der Waals surface area contributed by atoms with Gasteiger partial charge in [-0.2, -0.15) is 0 Å². The van der Waals surface area contributed by atoms with E-state index in [9.17, 15) is 9.59 Å². The van der Waals surface area contributed by atoms with Gasteiger partial charge in [-0.15, -0.1) is 11.8 Å². The Morgan fingerprint density at radius 2 is 1.78 bits per heavy atom. The molecule has 0 radical (unpaired) electrons. The molecule has 1 aliphatic rings. The van der Waals surface area contributed by atoms with Gasteiger partial charge in [-0.25, -0.2) is 0 Å². The van der Waals surface area contributed by atoms with Crippen LogP contribution < -0.4 is 5.32 Å². The molecule has 1 fully saturated rings. The van der Waals surface area contributed by atoms with Crippen LogP contribution in [0, 0.1) is 6.92 Å². The number of nitrogens with one attached hydrogen (secondary N) is 1. The van der Waals surface area contributed by atoms with Gasteiger partial charge in [-0.1, -0.05) is 79.9 Å². The van der Waals surface area contributed by atoms with Gasteiger partial charge in [0, 0.05) is 18.3 Å². The number of nitrogens with zero attached hydrogens (tertiary/aromatic N) is 1. The maximum absolute atomic E-state index is 13.3. The molecule has 32 heavy (non-hydrogen) atoms. The molecule has 1 saturated carbocycles. The van der Waals surface area contributed by atoms with Crippen molar-refractivity contribution < 1.29 is 9.59 Å². The van der Waals surface area contributed by atoms with Crippen LogP contribution in [0.5, 0.6) is 0 Å². The molecule has 0 heterocycles. The fourth-order valence-corrected chi connectivity index (χ4v) is 5.26. The Morgan fingerprint density at radius 3 is 2.47 bits per heavy atom. The minimum absolute atomic E-state index is 0.00416. The van der Waals surface area contributed by atoms with Crippen molar-refractivity contribution in [1.82, 2.24) is 10.2 Å². The van der Waals surface area contributed by atoms with Crippen molar-refractivity contribution in [3.8, 4) is 0 Å². The molecule has 3 rings (SSSR count). The summed E-state index contributed by atoms with van der Waals surface area (Å²) in [5.74, 6) is 1.23. The van der Waals surface area contributed by atoms with Crippen LogP contribution in [0.15, 0.2) is 54.6 Å². The van der Waals surface area contributed by atoms with Crippen molar-refractivity contribution in [3.63, 3.8) is 0 Å². The smallest absolute Gasteiger partial charge is 0.243 e. The first-order valence-corrected chi connectivity index (χ1v) is 13.0. The van der Waals surface area contributed by atoms with Crippen LogP contribution >= 0.6 is 11.8 Å². The number of rotatable bonds is 11. The fraction of sp³-hybridized carbons (Fsp3) is 0.481. The lowest BCUT2D eigenvalue weighted by molar-refractivity contribution is -0.139. The van der Waals surface area contributed by atoms with Crippen LogP contribution in [-0.4, -0.2) is 41.1 Å². The summed E-state index contributed by atoms with van der Waals surface area (Å²) in [7, 11) is 0. The van der Waals surface area contributed by atoms with Crippen LogP contribution in [-0.2, 0) is 21.8 Å². The zero-order valence-electron chi connectivity index (χ0n) is 19.4. The second-order valence-electron chi connectivity index (χ2n) is 8.72. The van der Waals surface area contributed by atoms with Crippen molar-refractivity contribution in [1.29, 1.82) is 0 Å². The Labute approximate surface area is 197 Å². The quantitative estimate of drug-likeness (QED) is 0.514. The molecule has 2 aromatic rings. The summed E-state index contributed by atoms with van der Waals surface area (Å²) < 4.78 is 0. The summed E-state index contributed by atoms with van der Waals surface area (Å²) in [5.41, 5.74) is 3.64. The van der Waals surface area contributed by atoms with Gasteiger partial charge in [0.15, 0.2) is 0 Å². The molecule has 1 atom stereocenters. The van der Waals surface area contributed by atoms with Gasteiger partial charge >= 0.3 is 0 Å². The zero-order valence-corrected chi connectivity index (χ0v) is 20.2. The number of carbonyl (C=O) groups excluding carboxylic acids is 2. The summed E-state index contributed by atoms with van der Waals surface area (Å²) in [6.45, 7) is 4.64. The molecular formula is C27H36N2O2S. The van der Waals surface area contributed by atoms with Gasteiger partial charge in [0.25, 0.3) is 0 Å². The monoisotopic (exact) mass is 452 g/mol. The summed E-state index contributed by atoms with van der Waals surface area (Å²) in [6.07, 6.45) is 5.82. The van der Waals surface area contributed by atoms with Crippen LogP contribution in [0.1, 0.15) is 55.7 Å². The summed E-state index contributed by atoms with van der Waals surface area (Å²) in [6, 6.07) is 18.4. The van der Waals surface area contributed by atoms with Crippen molar-refractivity contribution >= 4 is 23.6 Å². The standard InChI is InChI=1S/C27H36N2O2S/c1-3-25(27(31)28-24-14-7-8-15-24)29(17-16-22-11-5-4-6-12-22)26(30)20-32-19-23-13-9-10-21(2)18-23/h4-6,9-13,18,24-25H,3,7-8,14-17,19-20H2,1-2H3,(H,28,31). The van der Waals surface area contributed by atoms with E-state index in [-0.39, 0.29) is 17.9 Å². The molecule has 172 valence electrons. The van der Waals surface area contributed by atoms with Gasteiger partial charge in [0.2, 0.25) is 11.8 Å². The van der Waals surface area contributed by atoms with Crippen LogP contribution in [0.25, 0.3) is 0 Å². The summed E-state index contributed by atoms with van der Waals surface area (Å²) >= 11 is 1.62. The fourth-order valence-electron chi connectivity index (χ4n) is 4.40. The highest BCUT2D eigenvalue weighted by Crippen LogP contribution is 2.20. The molecule has 1 unspecified atom stereocenters. The Balaban J connectivity index is 1.64. The highest BCUT2D eigenvalue weighted by molar-refractivity contribution is 7.99. The number of aryl methyl sites for hydroxylation is 1. The van der Waals surface area contributed by atoms with E-state index in [1.807, 2.05) is 30.0 Å².